The largest absolute Gasteiger partial charge is 0.494 e. The fourth-order valence-corrected chi connectivity index (χ4v) is 2.10. The fraction of sp³-hybridized carbons (Fsp3) is 0.250. The van der Waals surface area contributed by atoms with Crippen LogP contribution in [-0.4, -0.2) is 13.2 Å². The van der Waals surface area contributed by atoms with Gasteiger partial charge in [-0.25, -0.2) is 8.78 Å². The van der Waals surface area contributed by atoms with Crippen molar-refractivity contribution in [1.82, 2.24) is 0 Å². The van der Waals surface area contributed by atoms with Crippen molar-refractivity contribution in [2.75, 3.05) is 12.4 Å². The van der Waals surface area contributed by atoms with Gasteiger partial charge in [-0.3, -0.25) is 0 Å². The molecule has 0 fully saturated rings. The maximum Gasteiger partial charge on any atom is 0.165 e. The van der Waals surface area contributed by atoms with Crippen LogP contribution in [-0.2, 0) is 6.42 Å². The molecule has 0 aliphatic carbocycles. The van der Waals surface area contributed by atoms with Crippen LogP contribution in [0.2, 0.25) is 0 Å². The first-order valence-corrected chi connectivity index (χ1v) is 6.43. The topological polar surface area (TPSA) is 21.3 Å². The molecule has 0 bridgehead atoms. The molecule has 2 aromatic carbocycles. The van der Waals surface area contributed by atoms with Gasteiger partial charge in [-0.2, -0.15) is 0 Å². The van der Waals surface area contributed by atoms with Gasteiger partial charge in [-0.15, -0.1) is 0 Å². The van der Waals surface area contributed by atoms with Gasteiger partial charge in [0.05, 0.1) is 7.11 Å². The van der Waals surface area contributed by atoms with Gasteiger partial charge in [0, 0.05) is 17.8 Å². The van der Waals surface area contributed by atoms with Gasteiger partial charge in [0.2, 0.25) is 0 Å². The van der Waals surface area contributed by atoms with Gasteiger partial charge in [0.1, 0.15) is 5.82 Å². The summed E-state index contributed by atoms with van der Waals surface area (Å²) in [6, 6.07) is 11.2. The number of anilines is 1. The quantitative estimate of drug-likeness (QED) is 0.891. The van der Waals surface area contributed by atoms with Crippen molar-refractivity contribution in [2.45, 2.75) is 19.4 Å². The van der Waals surface area contributed by atoms with E-state index < -0.39 is 5.82 Å². The summed E-state index contributed by atoms with van der Waals surface area (Å²) < 4.78 is 31.3. The zero-order valence-corrected chi connectivity index (χ0v) is 11.5. The maximum atomic E-state index is 13.3. The van der Waals surface area contributed by atoms with Crippen LogP contribution < -0.4 is 10.1 Å². The van der Waals surface area contributed by atoms with Crippen LogP contribution in [0.5, 0.6) is 5.75 Å². The summed E-state index contributed by atoms with van der Waals surface area (Å²) in [4.78, 5) is 0. The molecule has 0 spiro atoms. The molecular formula is C16H17F2NO. The number of halogens is 2. The lowest BCUT2D eigenvalue weighted by atomic mass is 10.1. The second-order valence-corrected chi connectivity index (χ2v) is 4.73. The van der Waals surface area contributed by atoms with Crippen molar-refractivity contribution in [3.05, 3.63) is 59.7 Å². The number of ether oxygens (including phenoxy) is 1. The van der Waals surface area contributed by atoms with Crippen LogP contribution in [0.1, 0.15) is 12.5 Å². The number of hydrogen-bond donors (Lipinski definition) is 1. The molecule has 0 saturated heterocycles. The fourth-order valence-electron chi connectivity index (χ4n) is 2.10. The lowest BCUT2D eigenvalue weighted by molar-refractivity contribution is 0.387. The molecule has 20 heavy (non-hydrogen) atoms. The number of methoxy groups -OCH3 is 1. The lowest BCUT2D eigenvalue weighted by Gasteiger charge is -2.16. The zero-order valence-electron chi connectivity index (χ0n) is 11.5. The Kier molecular flexibility index (Phi) is 4.56. The average molecular weight is 277 g/mol. The highest BCUT2D eigenvalue weighted by atomic mass is 19.1. The van der Waals surface area contributed by atoms with Crippen molar-refractivity contribution >= 4 is 5.69 Å². The van der Waals surface area contributed by atoms with Crippen molar-refractivity contribution in [3.63, 3.8) is 0 Å². The second-order valence-electron chi connectivity index (χ2n) is 4.73. The monoisotopic (exact) mass is 277 g/mol. The van der Waals surface area contributed by atoms with Crippen molar-refractivity contribution in [1.29, 1.82) is 0 Å². The molecule has 2 aromatic rings. The van der Waals surface area contributed by atoms with Gasteiger partial charge in [-0.05, 0) is 43.2 Å². The Hall–Kier alpha value is -2.10. The van der Waals surface area contributed by atoms with E-state index >= 15 is 0 Å². The Morgan fingerprint density at radius 1 is 1.15 bits per heavy atom. The third kappa shape index (κ3) is 3.70. The van der Waals surface area contributed by atoms with Crippen molar-refractivity contribution in [3.8, 4) is 5.75 Å². The predicted octanol–water partition coefficient (Wildman–Crippen LogP) is 4.02. The Balaban J connectivity index is 2.02. The summed E-state index contributed by atoms with van der Waals surface area (Å²) in [5, 5.41) is 3.24. The number of nitrogens with one attached hydrogen (secondary N) is 1. The molecule has 2 nitrogen and oxygen atoms in total. The van der Waals surface area contributed by atoms with E-state index in [1.165, 1.54) is 25.3 Å². The summed E-state index contributed by atoms with van der Waals surface area (Å²) in [5.41, 5.74) is 1.69. The van der Waals surface area contributed by atoms with E-state index in [-0.39, 0.29) is 17.6 Å². The molecular weight excluding hydrogens is 260 g/mol. The molecule has 0 radical (unpaired) electrons. The summed E-state index contributed by atoms with van der Waals surface area (Å²) in [7, 11) is 1.43. The van der Waals surface area contributed by atoms with E-state index in [1.807, 2.05) is 13.0 Å². The third-order valence-corrected chi connectivity index (χ3v) is 3.00. The van der Waals surface area contributed by atoms with Crippen LogP contribution in [0.3, 0.4) is 0 Å². The average Bonchev–Trinajstić information content (AvgIpc) is 2.41. The maximum absolute atomic E-state index is 13.3. The van der Waals surface area contributed by atoms with Crippen molar-refractivity contribution < 1.29 is 13.5 Å². The van der Waals surface area contributed by atoms with E-state index in [0.29, 0.717) is 6.42 Å². The van der Waals surface area contributed by atoms with Gasteiger partial charge in [0.25, 0.3) is 0 Å². The van der Waals surface area contributed by atoms with E-state index in [0.717, 1.165) is 11.3 Å². The molecule has 0 aliphatic rings. The van der Waals surface area contributed by atoms with Gasteiger partial charge >= 0.3 is 0 Å². The SMILES string of the molecule is COc1cc(NC(C)Cc2cccc(F)c2)ccc1F. The zero-order chi connectivity index (χ0) is 14.5. The van der Waals surface area contributed by atoms with Crippen molar-refractivity contribution in [2.24, 2.45) is 0 Å². The van der Waals surface area contributed by atoms with Crippen LogP contribution in [0, 0.1) is 11.6 Å². The van der Waals surface area contributed by atoms with Gasteiger partial charge in [-0.1, -0.05) is 12.1 Å². The van der Waals surface area contributed by atoms with E-state index in [1.54, 1.807) is 18.2 Å². The molecule has 0 saturated carbocycles. The van der Waals surface area contributed by atoms with Crippen LogP contribution in [0.4, 0.5) is 14.5 Å². The second kappa shape index (κ2) is 6.37. The molecule has 1 N–H and O–H groups in total. The summed E-state index contributed by atoms with van der Waals surface area (Å²) in [6.07, 6.45) is 0.678. The number of rotatable bonds is 5. The normalized spacial score (nSPS) is 12.0. The molecule has 1 unspecified atom stereocenters. The lowest BCUT2D eigenvalue weighted by Crippen LogP contribution is -2.18. The predicted molar refractivity (Wildman–Crippen MR) is 76.1 cm³/mol. The first kappa shape index (κ1) is 14.3. The molecule has 0 aromatic heterocycles. The van der Waals surface area contributed by atoms with E-state index in [9.17, 15) is 8.78 Å². The smallest absolute Gasteiger partial charge is 0.165 e. The molecule has 0 aliphatic heterocycles. The first-order chi connectivity index (χ1) is 9.58. The minimum Gasteiger partial charge on any atom is -0.494 e. The highest BCUT2D eigenvalue weighted by Crippen LogP contribution is 2.22. The number of benzene rings is 2. The molecule has 4 heteroatoms. The van der Waals surface area contributed by atoms with Crippen LogP contribution in [0.15, 0.2) is 42.5 Å². The highest BCUT2D eigenvalue weighted by Gasteiger charge is 2.07. The third-order valence-electron chi connectivity index (χ3n) is 3.00. The molecule has 2 rings (SSSR count). The minimum absolute atomic E-state index is 0.0898. The number of hydrogen-bond acceptors (Lipinski definition) is 2. The van der Waals surface area contributed by atoms with Crippen LogP contribution >= 0.6 is 0 Å². The Bertz CT molecular complexity index is 586. The standard InChI is InChI=1S/C16H17F2NO/c1-11(8-12-4-3-5-13(17)9-12)19-14-6-7-15(18)16(10-14)20-2/h3-7,9-11,19H,8H2,1-2H3. The summed E-state index contributed by atoms with van der Waals surface area (Å²) in [5.74, 6) is -0.429. The molecule has 1 atom stereocenters. The highest BCUT2D eigenvalue weighted by molar-refractivity contribution is 5.49. The van der Waals surface area contributed by atoms with Gasteiger partial charge in [0.15, 0.2) is 11.6 Å². The van der Waals surface area contributed by atoms with E-state index in [2.05, 4.69) is 5.32 Å². The Morgan fingerprint density at radius 3 is 2.65 bits per heavy atom. The van der Waals surface area contributed by atoms with Crippen LogP contribution in [0.25, 0.3) is 0 Å². The minimum atomic E-state index is -0.393. The van der Waals surface area contributed by atoms with E-state index in [4.69, 9.17) is 4.74 Å². The summed E-state index contributed by atoms with van der Waals surface area (Å²) in [6.45, 7) is 1.99. The summed E-state index contributed by atoms with van der Waals surface area (Å²) >= 11 is 0. The molecule has 0 amide bonds. The van der Waals surface area contributed by atoms with Gasteiger partial charge < -0.3 is 10.1 Å². The Morgan fingerprint density at radius 2 is 1.95 bits per heavy atom. The Labute approximate surface area is 117 Å². The molecule has 106 valence electrons. The molecule has 0 heterocycles. The first-order valence-electron chi connectivity index (χ1n) is 6.43.